The number of hydrogen-bond acceptors (Lipinski definition) is 3. The van der Waals surface area contributed by atoms with E-state index in [4.69, 9.17) is 10.5 Å². The second-order valence-electron chi connectivity index (χ2n) is 4.21. The van der Waals surface area contributed by atoms with E-state index in [0.29, 0.717) is 6.42 Å². The SMILES string of the molecule is CCN/C=C(\CC#Cc1cccc(OC)c1)CC(N)=O. The summed E-state index contributed by atoms with van der Waals surface area (Å²) in [5, 5.41) is 3.06. The van der Waals surface area contributed by atoms with Crippen LogP contribution >= 0.6 is 0 Å². The van der Waals surface area contributed by atoms with Gasteiger partial charge in [-0.2, -0.15) is 0 Å². The summed E-state index contributed by atoms with van der Waals surface area (Å²) in [5.41, 5.74) is 6.98. The number of methoxy groups -OCH3 is 1. The molecule has 0 unspecified atom stereocenters. The fourth-order valence-electron chi connectivity index (χ4n) is 1.60. The van der Waals surface area contributed by atoms with Crippen molar-refractivity contribution < 1.29 is 9.53 Å². The highest BCUT2D eigenvalue weighted by Crippen LogP contribution is 2.11. The molecule has 1 aromatic rings. The van der Waals surface area contributed by atoms with Crippen molar-refractivity contribution in [2.24, 2.45) is 5.73 Å². The Kier molecular flexibility index (Phi) is 6.77. The maximum absolute atomic E-state index is 11.0. The molecule has 20 heavy (non-hydrogen) atoms. The quantitative estimate of drug-likeness (QED) is 0.776. The highest BCUT2D eigenvalue weighted by molar-refractivity contribution is 5.76. The fraction of sp³-hybridized carbons (Fsp3) is 0.312. The molecular formula is C16H20N2O2. The van der Waals surface area contributed by atoms with Crippen LogP contribution in [0.4, 0.5) is 0 Å². The molecule has 0 radical (unpaired) electrons. The Labute approximate surface area is 120 Å². The summed E-state index contributed by atoms with van der Waals surface area (Å²) in [6.45, 7) is 2.78. The zero-order valence-corrected chi connectivity index (χ0v) is 11.9. The average Bonchev–Trinajstić information content (AvgIpc) is 2.44. The van der Waals surface area contributed by atoms with Gasteiger partial charge in [0.2, 0.25) is 5.91 Å². The maximum atomic E-state index is 11.0. The molecule has 0 bridgehead atoms. The number of hydrogen-bond donors (Lipinski definition) is 2. The minimum absolute atomic E-state index is 0.222. The molecule has 3 N–H and O–H groups in total. The van der Waals surface area contributed by atoms with Crippen LogP contribution in [0, 0.1) is 11.8 Å². The van der Waals surface area contributed by atoms with E-state index in [-0.39, 0.29) is 12.3 Å². The van der Waals surface area contributed by atoms with Crippen molar-refractivity contribution in [3.8, 4) is 17.6 Å². The molecule has 0 atom stereocenters. The van der Waals surface area contributed by atoms with E-state index in [1.54, 1.807) is 7.11 Å². The number of nitrogens with one attached hydrogen (secondary N) is 1. The van der Waals surface area contributed by atoms with Crippen LogP contribution < -0.4 is 15.8 Å². The molecule has 0 aromatic heterocycles. The lowest BCUT2D eigenvalue weighted by atomic mass is 10.1. The molecule has 106 valence electrons. The van der Waals surface area contributed by atoms with Crippen LogP contribution in [0.1, 0.15) is 25.3 Å². The summed E-state index contributed by atoms with van der Waals surface area (Å²) in [5.74, 6) is 6.52. The maximum Gasteiger partial charge on any atom is 0.221 e. The van der Waals surface area contributed by atoms with Crippen LogP contribution in [0.15, 0.2) is 36.0 Å². The molecule has 0 fully saturated rings. The average molecular weight is 272 g/mol. The first kappa shape index (κ1) is 15.6. The predicted molar refractivity (Wildman–Crippen MR) is 80.1 cm³/mol. The Morgan fingerprint density at radius 2 is 2.30 bits per heavy atom. The van der Waals surface area contributed by atoms with Crippen LogP contribution in [-0.4, -0.2) is 19.6 Å². The molecule has 0 heterocycles. The van der Waals surface area contributed by atoms with E-state index >= 15 is 0 Å². The van der Waals surface area contributed by atoms with Gasteiger partial charge in [0, 0.05) is 24.9 Å². The molecule has 0 spiro atoms. The second kappa shape index (κ2) is 8.65. The van der Waals surface area contributed by atoms with Crippen molar-refractivity contribution in [2.75, 3.05) is 13.7 Å². The van der Waals surface area contributed by atoms with Gasteiger partial charge in [0.1, 0.15) is 5.75 Å². The van der Waals surface area contributed by atoms with Crippen LogP contribution in [0.2, 0.25) is 0 Å². The first-order chi connectivity index (χ1) is 9.65. The lowest BCUT2D eigenvalue weighted by molar-refractivity contribution is -0.117. The predicted octanol–water partition coefficient (Wildman–Crippen LogP) is 1.81. The third kappa shape index (κ3) is 5.96. The van der Waals surface area contributed by atoms with Crippen LogP contribution in [0.5, 0.6) is 5.75 Å². The first-order valence-corrected chi connectivity index (χ1v) is 6.48. The third-order valence-electron chi connectivity index (χ3n) is 2.53. The van der Waals surface area contributed by atoms with Gasteiger partial charge in [-0.15, -0.1) is 0 Å². The number of nitrogens with two attached hydrogens (primary N) is 1. The second-order valence-corrected chi connectivity index (χ2v) is 4.21. The van der Waals surface area contributed by atoms with Gasteiger partial charge in [0.15, 0.2) is 0 Å². The van der Waals surface area contributed by atoms with E-state index in [2.05, 4.69) is 17.2 Å². The molecule has 1 amide bonds. The van der Waals surface area contributed by atoms with Gasteiger partial charge in [0.25, 0.3) is 0 Å². The van der Waals surface area contributed by atoms with Crippen molar-refractivity contribution in [1.82, 2.24) is 5.32 Å². The van der Waals surface area contributed by atoms with Gasteiger partial charge in [-0.3, -0.25) is 4.79 Å². The van der Waals surface area contributed by atoms with Gasteiger partial charge < -0.3 is 15.8 Å². The van der Waals surface area contributed by atoms with Gasteiger partial charge in [-0.25, -0.2) is 0 Å². The molecule has 4 heteroatoms. The lowest BCUT2D eigenvalue weighted by Gasteiger charge is -2.02. The molecule has 0 saturated heterocycles. The molecule has 0 aliphatic carbocycles. The molecule has 1 aromatic carbocycles. The highest BCUT2D eigenvalue weighted by Gasteiger charge is 2.00. The van der Waals surface area contributed by atoms with Gasteiger partial charge in [-0.05, 0) is 36.9 Å². The molecular weight excluding hydrogens is 252 g/mol. The standard InChI is InChI=1S/C16H20N2O2/c1-3-18-12-14(11-16(17)19)8-4-6-13-7-5-9-15(10-13)20-2/h5,7,9-10,12,18H,3,8,11H2,1-2H3,(H2,17,19)/b14-12+. The minimum Gasteiger partial charge on any atom is -0.497 e. The van der Waals surface area contributed by atoms with E-state index in [1.165, 1.54) is 0 Å². The smallest absolute Gasteiger partial charge is 0.221 e. The highest BCUT2D eigenvalue weighted by atomic mass is 16.5. The Balaban J connectivity index is 2.71. The Morgan fingerprint density at radius 1 is 1.50 bits per heavy atom. The van der Waals surface area contributed by atoms with Gasteiger partial charge >= 0.3 is 0 Å². The number of benzene rings is 1. The summed E-state index contributed by atoms with van der Waals surface area (Å²) in [4.78, 5) is 11.0. The van der Waals surface area contributed by atoms with E-state index in [9.17, 15) is 4.79 Å². The molecule has 0 aliphatic rings. The van der Waals surface area contributed by atoms with Crippen molar-refractivity contribution in [2.45, 2.75) is 19.8 Å². The summed E-state index contributed by atoms with van der Waals surface area (Å²) >= 11 is 0. The van der Waals surface area contributed by atoms with Crippen molar-refractivity contribution in [1.29, 1.82) is 0 Å². The lowest BCUT2D eigenvalue weighted by Crippen LogP contribution is -2.13. The molecule has 0 aliphatic heterocycles. The van der Waals surface area contributed by atoms with Crippen LogP contribution in [-0.2, 0) is 4.79 Å². The normalized spacial score (nSPS) is 10.4. The van der Waals surface area contributed by atoms with E-state index in [0.717, 1.165) is 23.4 Å². The third-order valence-corrected chi connectivity index (χ3v) is 2.53. The summed E-state index contributed by atoms with van der Waals surface area (Å²) in [6, 6.07) is 7.54. The summed E-state index contributed by atoms with van der Waals surface area (Å²) in [6.07, 6.45) is 2.54. The molecule has 0 saturated carbocycles. The monoisotopic (exact) mass is 272 g/mol. The van der Waals surface area contributed by atoms with E-state index in [1.807, 2.05) is 37.4 Å². The fourth-order valence-corrected chi connectivity index (χ4v) is 1.60. The van der Waals surface area contributed by atoms with Gasteiger partial charge in [0.05, 0.1) is 7.11 Å². The van der Waals surface area contributed by atoms with Crippen LogP contribution in [0.3, 0.4) is 0 Å². The van der Waals surface area contributed by atoms with Crippen LogP contribution in [0.25, 0.3) is 0 Å². The first-order valence-electron chi connectivity index (χ1n) is 6.48. The number of carbonyl (C=O) groups is 1. The Morgan fingerprint density at radius 3 is 2.95 bits per heavy atom. The number of ether oxygens (including phenoxy) is 1. The van der Waals surface area contributed by atoms with Crippen molar-refractivity contribution in [3.05, 3.63) is 41.6 Å². The zero-order chi connectivity index (χ0) is 14.8. The summed E-state index contributed by atoms with van der Waals surface area (Å²) in [7, 11) is 1.62. The van der Waals surface area contributed by atoms with E-state index < -0.39 is 0 Å². The van der Waals surface area contributed by atoms with Crippen molar-refractivity contribution >= 4 is 5.91 Å². The summed E-state index contributed by atoms with van der Waals surface area (Å²) < 4.78 is 5.14. The minimum atomic E-state index is -0.350. The molecule has 4 nitrogen and oxygen atoms in total. The van der Waals surface area contributed by atoms with Crippen molar-refractivity contribution in [3.63, 3.8) is 0 Å². The topological polar surface area (TPSA) is 64.3 Å². The number of rotatable bonds is 6. The number of carbonyl (C=O) groups excluding carboxylic acids is 1. The zero-order valence-electron chi connectivity index (χ0n) is 11.9. The molecule has 1 rings (SSSR count). The number of amides is 1. The Hall–Kier alpha value is -2.41. The Bertz CT molecular complexity index is 539. The largest absolute Gasteiger partial charge is 0.497 e. The van der Waals surface area contributed by atoms with Gasteiger partial charge in [-0.1, -0.05) is 17.9 Å². The number of primary amides is 1.